The first-order valence-electron chi connectivity index (χ1n) is 5.40. The first-order valence-corrected chi connectivity index (χ1v) is 6.22. The van der Waals surface area contributed by atoms with Gasteiger partial charge >= 0.3 is 0 Å². The van der Waals surface area contributed by atoms with E-state index >= 15 is 0 Å². The molecule has 0 radical (unpaired) electrons. The molecule has 1 aromatic rings. The zero-order chi connectivity index (χ0) is 12.6. The highest BCUT2D eigenvalue weighted by Crippen LogP contribution is 2.46. The van der Waals surface area contributed by atoms with Crippen molar-refractivity contribution in [1.82, 2.24) is 0 Å². The average Bonchev–Trinajstić information content (AvgIpc) is 2.79. The maximum Gasteiger partial charge on any atom is 0.202 e. The molecule has 86 valence electrons. The molecule has 2 rings (SSSR count). The number of nitrogens with zero attached hydrogens (tertiary/aromatic N) is 1. The number of allylic oxidation sites excluding steroid dienone is 4. The molecular weight excluding hydrogens is 230 g/mol. The van der Waals surface area contributed by atoms with Gasteiger partial charge in [-0.25, -0.2) is 4.85 Å². The second-order valence-corrected chi connectivity index (χ2v) is 5.58. The fourth-order valence-electron chi connectivity index (χ4n) is 2.29. The van der Waals surface area contributed by atoms with E-state index in [0.29, 0.717) is 0 Å². The molecule has 1 aromatic heterocycles. The fourth-order valence-corrected chi connectivity index (χ4v) is 3.50. The van der Waals surface area contributed by atoms with E-state index in [2.05, 4.69) is 4.85 Å². The van der Waals surface area contributed by atoms with Crippen LogP contribution in [0.15, 0.2) is 28.9 Å². The van der Waals surface area contributed by atoms with E-state index in [4.69, 9.17) is 6.57 Å². The van der Waals surface area contributed by atoms with E-state index < -0.39 is 0 Å². The lowest BCUT2D eigenvalue weighted by molar-refractivity contribution is -0.104. The minimum absolute atomic E-state index is 0.123. The smallest absolute Gasteiger partial charge is 0.202 e. The fraction of sp³-hybridized carbons (Fsp3) is 0.286. The minimum atomic E-state index is 0.123. The highest BCUT2D eigenvalue weighted by Gasteiger charge is 2.27. The third-order valence-corrected chi connectivity index (χ3v) is 4.20. The van der Waals surface area contributed by atoms with Gasteiger partial charge in [0, 0.05) is 16.4 Å². The van der Waals surface area contributed by atoms with Gasteiger partial charge in [-0.05, 0) is 31.7 Å². The molecule has 0 spiro atoms. The molecule has 1 heterocycles. The maximum atomic E-state index is 10.9. The molecule has 1 aliphatic rings. The monoisotopic (exact) mass is 243 g/mol. The maximum absolute atomic E-state index is 10.9. The van der Waals surface area contributed by atoms with Crippen molar-refractivity contribution in [1.29, 1.82) is 0 Å². The predicted molar refractivity (Wildman–Crippen MR) is 70.6 cm³/mol. The molecule has 17 heavy (non-hydrogen) atoms. The summed E-state index contributed by atoms with van der Waals surface area (Å²) in [6.07, 6.45) is 2.83. The molecule has 0 bridgehead atoms. The number of rotatable bonds is 2. The summed E-state index contributed by atoms with van der Waals surface area (Å²) < 4.78 is 0. The van der Waals surface area contributed by atoms with Crippen LogP contribution in [0.2, 0.25) is 0 Å². The van der Waals surface area contributed by atoms with Crippen molar-refractivity contribution in [3.05, 3.63) is 50.0 Å². The first-order chi connectivity index (χ1) is 8.08. The van der Waals surface area contributed by atoms with Crippen molar-refractivity contribution in [3.63, 3.8) is 0 Å². The Morgan fingerprint density at radius 3 is 2.65 bits per heavy atom. The Balaban J connectivity index is 2.56. The van der Waals surface area contributed by atoms with Gasteiger partial charge in [-0.2, -0.15) is 11.3 Å². The van der Waals surface area contributed by atoms with Crippen LogP contribution < -0.4 is 0 Å². The van der Waals surface area contributed by atoms with E-state index in [9.17, 15) is 4.79 Å². The van der Waals surface area contributed by atoms with Crippen molar-refractivity contribution in [2.45, 2.75) is 26.7 Å². The second-order valence-electron chi connectivity index (χ2n) is 4.30. The standard InChI is InChI=1S/C14H13NOS/c1-8-5-11(7-16)10(3)13(8)14-12(15-4)6-9(2)17-14/h5-7,13H,1-3H3. The van der Waals surface area contributed by atoms with Crippen LogP contribution in [0.1, 0.15) is 29.5 Å². The highest BCUT2D eigenvalue weighted by atomic mass is 32.1. The number of thiophene rings is 1. The van der Waals surface area contributed by atoms with E-state index in [-0.39, 0.29) is 5.92 Å². The van der Waals surface area contributed by atoms with Gasteiger partial charge in [-0.3, -0.25) is 4.79 Å². The lowest BCUT2D eigenvalue weighted by Gasteiger charge is -2.13. The predicted octanol–water partition coefficient (Wildman–Crippen LogP) is 4.17. The Hall–Kier alpha value is -1.66. The summed E-state index contributed by atoms with van der Waals surface area (Å²) in [6, 6.07) is 1.92. The van der Waals surface area contributed by atoms with Crippen LogP contribution in [0.4, 0.5) is 5.69 Å². The molecule has 0 saturated heterocycles. The molecule has 0 fully saturated rings. The summed E-state index contributed by atoms with van der Waals surface area (Å²) >= 11 is 1.65. The van der Waals surface area contributed by atoms with Crippen molar-refractivity contribution in [2.24, 2.45) is 0 Å². The van der Waals surface area contributed by atoms with Crippen LogP contribution in [0.3, 0.4) is 0 Å². The van der Waals surface area contributed by atoms with Crippen LogP contribution in [0.5, 0.6) is 0 Å². The largest absolute Gasteiger partial charge is 0.298 e. The quantitative estimate of drug-likeness (QED) is 0.564. The molecule has 2 nitrogen and oxygen atoms in total. The lowest BCUT2D eigenvalue weighted by Crippen LogP contribution is -1.96. The lowest BCUT2D eigenvalue weighted by atomic mass is 9.94. The van der Waals surface area contributed by atoms with E-state index in [0.717, 1.165) is 38.4 Å². The third-order valence-electron chi connectivity index (χ3n) is 3.10. The van der Waals surface area contributed by atoms with Crippen LogP contribution in [0, 0.1) is 13.5 Å². The van der Waals surface area contributed by atoms with Crippen molar-refractivity contribution in [2.75, 3.05) is 0 Å². The zero-order valence-corrected chi connectivity index (χ0v) is 10.9. The normalized spacial score (nSPS) is 19.2. The van der Waals surface area contributed by atoms with Crippen molar-refractivity contribution >= 4 is 23.3 Å². The Labute approximate surface area is 105 Å². The van der Waals surface area contributed by atoms with E-state index in [1.165, 1.54) is 0 Å². The summed E-state index contributed by atoms with van der Waals surface area (Å²) in [4.78, 5) is 16.7. The summed E-state index contributed by atoms with van der Waals surface area (Å²) in [5, 5.41) is 0. The molecule has 0 saturated carbocycles. The number of carbonyl (C=O) groups is 1. The van der Waals surface area contributed by atoms with Gasteiger partial charge in [-0.15, -0.1) is 0 Å². The second kappa shape index (κ2) is 4.31. The van der Waals surface area contributed by atoms with Gasteiger partial charge in [0.2, 0.25) is 5.69 Å². The molecule has 0 amide bonds. The van der Waals surface area contributed by atoms with Gasteiger partial charge in [0.05, 0.1) is 6.57 Å². The Morgan fingerprint density at radius 2 is 2.12 bits per heavy atom. The van der Waals surface area contributed by atoms with Crippen LogP contribution in [-0.2, 0) is 4.79 Å². The minimum Gasteiger partial charge on any atom is -0.298 e. The SMILES string of the molecule is [C-]#[N+]c1cc(C)sc1C1C(C)=CC(C=O)=C1C. The molecule has 3 heteroatoms. The van der Waals surface area contributed by atoms with Crippen molar-refractivity contribution in [3.8, 4) is 0 Å². The number of hydrogen-bond acceptors (Lipinski definition) is 2. The number of carbonyl (C=O) groups excluding carboxylic acids is 1. The molecule has 1 atom stereocenters. The van der Waals surface area contributed by atoms with Crippen LogP contribution >= 0.6 is 11.3 Å². The summed E-state index contributed by atoms with van der Waals surface area (Å²) in [7, 11) is 0. The van der Waals surface area contributed by atoms with Crippen molar-refractivity contribution < 1.29 is 4.79 Å². The number of hydrogen-bond donors (Lipinski definition) is 0. The summed E-state index contributed by atoms with van der Waals surface area (Å²) in [5.41, 5.74) is 3.69. The summed E-state index contributed by atoms with van der Waals surface area (Å²) in [6.45, 7) is 13.2. The van der Waals surface area contributed by atoms with Crippen LogP contribution in [-0.4, -0.2) is 6.29 Å². The highest BCUT2D eigenvalue weighted by molar-refractivity contribution is 7.12. The van der Waals surface area contributed by atoms with Gasteiger partial charge in [0.15, 0.2) is 0 Å². The molecule has 0 N–H and O–H groups in total. The number of aldehydes is 1. The van der Waals surface area contributed by atoms with Gasteiger partial charge < -0.3 is 0 Å². The molecule has 0 aromatic carbocycles. The van der Waals surface area contributed by atoms with E-state index in [1.54, 1.807) is 11.3 Å². The molecule has 1 aliphatic carbocycles. The van der Waals surface area contributed by atoms with Gasteiger partial charge in [-0.1, -0.05) is 17.2 Å². The Morgan fingerprint density at radius 1 is 1.41 bits per heavy atom. The van der Waals surface area contributed by atoms with Crippen LogP contribution in [0.25, 0.3) is 4.85 Å². The topological polar surface area (TPSA) is 21.4 Å². The first kappa shape index (κ1) is 11.8. The van der Waals surface area contributed by atoms with Gasteiger partial charge in [0.1, 0.15) is 6.29 Å². The third kappa shape index (κ3) is 1.85. The summed E-state index contributed by atoms with van der Waals surface area (Å²) in [5.74, 6) is 0.123. The average molecular weight is 243 g/mol. The molecule has 0 aliphatic heterocycles. The number of aryl methyl sites for hydroxylation is 1. The van der Waals surface area contributed by atoms with Gasteiger partial charge in [0.25, 0.3) is 0 Å². The Bertz CT molecular complexity index is 584. The van der Waals surface area contributed by atoms with E-state index in [1.807, 2.05) is 32.9 Å². The zero-order valence-electron chi connectivity index (χ0n) is 10.1. The molecular formula is C14H13NOS. The Kier molecular flexibility index (Phi) is 2.99. The molecule has 1 unspecified atom stereocenters.